The molecule has 1 atom stereocenters. The molecule has 0 spiro atoms. The van der Waals surface area contributed by atoms with E-state index in [4.69, 9.17) is 4.74 Å². The smallest absolute Gasteiger partial charge is 0.0928 e. The summed E-state index contributed by atoms with van der Waals surface area (Å²) in [5.41, 5.74) is 1.22. The van der Waals surface area contributed by atoms with Crippen LogP contribution < -0.4 is 0 Å². The fourth-order valence-corrected chi connectivity index (χ4v) is 2.85. The van der Waals surface area contributed by atoms with Crippen LogP contribution in [0, 0.1) is 0 Å². The highest BCUT2D eigenvalue weighted by molar-refractivity contribution is 7.09. The number of nitrogens with zero attached hydrogens (tertiary/aromatic N) is 2. The van der Waals surface area contributed by atoms with Crippen LogP contribution in [0.2, 0.25) is 0 Å². The van der Waals surface area contributed by atoms with E-state index in [1.165, 1.54) is 17.1 Å². The molecule has 0 aliphatic carbocycles. The van der Waals surface area contributed by atoms with Gasteiger partial charge in [-0.3, -0.25) is 4.90 Å². The quantitative estimate of drug-likeness (QED) is 0.807. The predicted molar refractivity (Wildman–Crippen MR) is 66.8 cm³/mol. The van der Waals surface area contributed by atoms with Gasteiger partial charge in [-0.05, 0) is 19.8 Å². The minimum Gasteiger partial charge on any atom is -0.379 e. The maximum atomic E-state index is 5.43. The Morgan fingerprint density at radius 2 is 2.50 bits per heavy atom. The first-order valence-corrected chi connectivity index (χ1v) is 6.92. The third-order valence-electron chi connectivity index (χ3n) is 2.93. The average Bonchev–Trinajstić information content (AvgIpc) is 2.70. The van der Waals surface area contributed by atoms with Crippen LogP contribution in [-0.2, 0) is 17.7 Å². The molecule has 1 fully saturated rings. The minimum atomic E-state index is 0.519. The van der Waals surface area contributed by atoms with E-state index < -0.39 is 0 Å². The SMILES string of the molecule is CCCc1nc(CN2CCOC[C@H]2C)cs1. The van der Waals surface area contributed by atoms with E-state index in [1.54, 1.807) is 11.3 Å². The van der Waals surface area contributed by atoms with Crippen LogP contribution in [0.15, 0.2) is 5.38 Å². The maximum Gasteiger partial charge on any atom is 0.0928 e. The van der Waals surface area contributed by atoms with Crippen molar-refractivity contribution in [1.29, 1.82) is 0 Å². The molecule has 90 valence electrons. The van der Waals surface area contributed by atoms with Crippen molar-refractivity contribution in [2.75, 3.05) is 19.8 Å². The van der Waals surface area contributed by atoms with E-state index in [0.29, 0.717) is 6.04 Å². The van der Waals surface area contributed by atoms with E-state index in [2.05, 4.69) is 29.1 Å². The molecule has 0 amide bonds. The normalized spacial score (nSPS) is 22.5. The van der Waals surface area contributed by atoms with Gasteiger partial charge in [0.2, 0.25) is 0 Å². The van der Waals surface area contributed by atoms with Crippen LogP contribution in [0.5, 0.6) is 0 Å². The van der Waals surface area contributed by atoms with Crippen LogP contribution >= 0.6 is 11.3 Å². The summed E-state index contributed by atoms with van der Waals surface area (Å²) in [5, 5.41) is 3.48. The average molecular weight is 240 g/mol. The van der Waals surface area contributed by atoms with Gasteiger partial charge in [-0.25, -0.2) is 4.98 Å². The first-order chi connectivity index (χ1) is 7.79. The van der Waals surface area contributed by atoms with Crippen LogP contribution in [0.3, 0.4) is 0 Å². The van der Waals surface area contributed by atoms with Crippen LogP contribution in [-0.4, -0.2) is 35.7 Å². The second kappa shape index (κ2) is 5.75. The molecular weight excluding hydrogens is 220 g/mol. The van der Waals surface area contributed by atoms with Gasteiger partial charge in [-0.1, -0.05) is 6.92 Å². The summed E-state index contributed by atoms with van der Waals surface area (Å²) in [6.45, 7) is 8.14. The lowest BCUT2D eigenvalue weighted by Crippen LogP contribution is -2.42. The Bertz CT molecular complexity index is 327. The molecule has 0 unspecified atom stereocenters. The van der Waals surface area contributed by atoms with Gasteiger partial charge < -0.3 is 4.74 Å². The third-order valence-corrected chi connectivity index (χ3v) is 3.89. The maximum absolute atomic E-state index is 5.43. The van der Waals surface area contributed by atoms with Crippen molar-refractivity contribution in [2.45, 2.75) is 39.3 Å². The van der Waals surface area contributed by atoms with E-state index in [-0.39, 0.29) is 0 Å². The van der Waals surface area contributed by atoms with E-state index in [0.717, 1.165) is 32.7 Å². The molecule has 1 aromatic heterocycles. The van der Waals surface area contributed by atoms with Crippen LogP contribution in [0.4, 0.5) is 0 Å². The second-order valence-electron chi connectivity index (χ2n) is 4.38. The number of rotatable bonds is 4. The molecule has 0 N–H and O–H groups in total. The summed E-state index contributed by atoms with van der Waals surface area (Å²) in [4.78, 5) is 7.12. The lowest BCUT2D eigenvalue weighted by atomic mass is 10.2. The number of aromatic nitrogens is 1. The Kier molecular flexibility index (Phi) is 4.32. The monoisotopic (exact) mass is 240 g/mol. The van der Waals surface area contributed by atoms with E-state index >= 15 is 0 Å². The van der Waals surface area contributed by atoms with Gasteiger partial charge >= 0.3 is 0 Å². The summed E-state index contributed by atoms with van der Waals surface area (Å²) in [6.07, 6.45) is 2.30. The van der Waals surface area contributed by atoms with Crippen molar-refractivity contribution in [3.8, 4) is 0 Å². The third kappa shape index (κ3) is 3.03. The highest BCUT2D eigenvalue weighted by atomic mass is 32.1. The Balaban J connectivity index is 1.91. The Labute approximate surface area is 101 Å². The topological polar surface area (TPSA) is 25.4 Å². The number of hydrogen-bond donors (Lipinski definition) is 0. The van der Waals surface area contributed by atoms with Crippen molar-refractivity contribution in [2.24, 2.45) is 0 Å². The molecule has 1 aliphatic rings. The summed E-state index contributed by atoms with van der Waals surface area (Å²) in [7, 11) is 0. The van der Waals surface area contributed by atoms with Crippen molar-refractivity contribution in [3.05, 3.63) is 16.1 Å². The first kappa shape index (κ1) is 12.0. The molecule has 4 heteroatoms. The van der Waals surface area contributed by atoms with Gasteiger partial charge in [0.05, 0.1) is 23.9 Å². The fourth-order valence-electron chi connectivity index (χ4n) is 1.95. The molecule has 1 aliphatic heterocycles. The predicted octanol–water partition coefficient (Wildman–Crippen LogP) is 2.32. The van der Waals surface area contributed by atoms with Crippen LogP contribution in [0.1, 0.15) is 31.0 Å². The zero-order chi connectivity index (χ0) is 11.4. The molecule has 16 heavy (non-hydrogen) atoms. The fraction of sp³-hybridized carbons (Fsp3) is 0.750. The van der Waals surface area contributed by atoms with Crippen LogP contribution in [0.25, 0.3) is 0 Å². The van der Waals surface area contributed by atoms with Gasteiger partial charge in [-0.15, -0.1) is 11.3 Å². The number of hydrogen-bond acceptors (Lipinski definition) is 4. The molecule has 0 aromatic carbocycles. The highest BCUT2D eigenvalue weighted by Gasteiger charge is 2.19. The number of thiazole rings is 1. The zero-order valence-electron chi connectivity index (χ0n) is 10.1. The molecule has 2 heterocycles. The van der Waals surface area contributed by atoms with E-state index in [9.17, 15) is 0 Å². The lowest BCUT2D eigenvalue weighted by Gasteiger charge is -2.32. The Hall–Kier alpha value is -0.450. The van der Waals surface area contributed by atoms with Crippen molar-refractivity contribution < 1.29 is 4.74 Å². The molecule has 1 saturated heterocycles. The van der Waals surface area contributed by atoms with Crippen molar-refractivity contribution >= 4 is 11.3 Å². The van der Waals surface area contributed by atoms with Crippen molar-refractivity contribution in [1.82, 2.24) is 9.88 Å². The highest BCUT2D eigenvalue weighted by Crippen LogP contribution is 2.16. The first-order valence-electron chi connectivity index (χ1n) is 6.04. The molecule has 2 rings (SSSR count). The van der Waals surface area contributed by atoms with Gasteiger partial charge in [0.25, 0.3) is 0 Å². The molecule has 0 bridgehead atoms. The largest absolute Gasteiger partial charge is 0.379 e. The number of morpholine rings is 1. The molecule has 3 nitrogen and oxygen atoms in total. The number of aryl methyl sites for hydroxylation is 1. The van der Waals surface area contributed by atoms with Crippen molar-refractivity contribution in [3.63, 3.8) is 0 Å². The number of ether oxygens (including phenoxy) is 1. The standard InChI is InChI=1S/C12H20N2OS/c1-3-4-12-13-11(9-16-12)7-14-5-6-15-8-10(14)2/h9-10H,3-8H2,1-2H3/t10-/m1/s1. The van der Waals surface area contributed by atoms with E-state index in [1.807, 2.05) is 0 Å². The zero-order valence-corrected chi connectivity index (χ0v) is 10.9. The summed E-state index contributed by atoms with van der Waals surface area (Å²) < 4.78 is 5.43. The Morgan fingerprint density at radius 3 is 3.25 bits per heavy atom. The second-order valence-corrected chi connectivity index (χ2v) is 5.32. The summed E-state index contributed by atoms with van der Waals surface area (Å²) in [6, 6.07) is 0.519. The summed E-state index contributed by atoms with van der Waals surface area (Å²) >= 11 is 1.79. The van der Waals surface area contributed by atoms with Gasteiger partial charge in [0.1, 0.15) is 0 Å². The Morgan fingerprint density at radius 1 is 1.62 bits per heavy atom. The lowest BCUT2D eigenvalue weighted by molar-refractivity contribution is -0.00484. The van der Waals surface area contributed by atoms with Gasteiger partial charge in [0.15, 0.2) is 0 Å². The molecule has 0 radical (unpaired) electrons. The summed E-state index contributed by atoms with van der Waals surface area (Å²) in [5.74, 6) is 0. The molecule has 0 saturated carbocycles. The molecule has 1 aromatic rings. The van der Waals surface area contributed by atoms with Gasteiger partial charge in [-0.2, -0.15) is 0 Å². The molecular formula is C12H20N2OS. The van der Waals surface area contributed by atoms with Gasteiger partial charge in [0, 0.05) is 24.5 Å². The minimum absolute atomic E-state index is 0.519.